The van der Waals surface area contributed by atoms with E-state index in [0.717, 1.165) is 6.61 Å². The Bertz CT molecular complexity index is 59.3. The van der Waals surface area contributed by atoms with E-state index in [1.165, 1.54) is 25.9 Å². The molecule has 0 aliphatic carbocycles. The van der Waals surface area contributed by atoms with Crippen LogP contribution in [-0.2, 0) is 4.74 Å². The molecule has 14 heavy (non-hydrogen) atoms. The molecule has 0 atom stereocenters. The molecule has 0 bridgehead atoms. The Morgan fingerprint density at radius 1 is 1.00 bits per heavy atom. The molecule has 0 radical (unpaired) electrons. The van der Waals surface area contributed by atoms with Crippen molar-refractivity contribution < 1.29 is 4.74 Å². The molecule has 0 aromatic heterocycles. The van der Waals surface area contributed by atoms with E-state index in [1.807, 2.05) is 34.6 Å². The predicted molar refractivity (Wildman–Crippen MR) is 67.0 cm³/mol. The Hall–Kier alpha value is -0.0800. The van der Waals surface area contributed by atoms with Crippen LogP contribution in [0.2, 0.25) is 0 Å². The third-order valence-corrected chi connectivity index (χ3v) is 1.62. The zero-order valence-corrected chi connectivity index (χ0v) is 11.4. The summed E-state index contributed by atoms with van der Waals surface area (Å²) in [6.45, 7) is 13.4. The first-order valence-electron chi connectivity index (χ1n) is 5.98. The van der Waals surface area contributed by atoms with E-state index in [2.05, 4.69) is 16.7 Å². The van der Waals surface area contributed by atoms with Crippen LogP contribution in [-0.4, -0.2) is 38.8 Å². The van der Waals surface area contributed by atoms with Gasteiger partial charge >= 0.3 is 0 Å². The molecule has 0 aromatic carbocycles. The van der Waals surface area contributed by atoms with Gasteiger partial charge in [-0.15, -0.1) is 0 Å². The molecule has 0 N–H and O–H groups in total. The number of nitrogens with zero attached hydrogens (tertiary/aromatic N) is 1. The average Bonchev–Trinajstić information content (AvgIpc) is 2.75. The first-order valence-corrected chi connectivity index (χ1v) is 5.98. The lowest BCUT2D eigenvalue weighted by Gasteiger charge is -2.01. The van der Waals surface area contributed by atoms with Crippen molar-refractivity contribution in [1.29, 1.82) is 0 Å². The molecule has 0 spiro atoms. The number of ether oxygens (including phenoxy) is 1. The summed E-state index contributed by atoms with van der Waals surface area (Å²) in [6.07, 6.45) is 2.83. The fourth-order valence-corrected chi connectivity index (χ4v) is 0.875. The van der Waals surface area contributed by atoms with Crippen molar-refractivity contribution in [3.8, 4) is 0 Å². The molecule has 2 nitrogen and oxygen atoms in total. The van der Waals surface area contributed by atoms with Crippen LogP contribution in [0.3, 0.4) is 0 Å². The summed E-state index contributed by atoms with van der Waals surface area (Å²) < 4.78 is 4.54. The molecule has 90 valence electrons. The van der Waals surface area contributed by atoms with Crippen molar-refractivity contribution in [2.45, 2.75) is 47.5 Å². The van der Waals surface area contributed by atoms with Crippen LogP contribution in [0, 0.1) is 0 Å². The van der Waals surface area contributed by atoms with Crippen LogP contribution in [0.25, 0.3) is 0 Å². The molecule has 1 saturated heterocycles. The van der Waals surface area contributed by atoms with E-state index in [9.17, 15) is 0 Å². The lowest BCUT2D eigenvalue weighted by atomic mass is 10.4. The largest absolute Gasteiger partial charge is 0.385 e. The summed E-state index contributed by atoms with van der Waals surface area (Å²) in [5.74, 6) is 0. The second-order valence-corrected chi connectivity index (χ2v) is 2.59. The van der Waals surface area contributed by atoms with Gasteiger partial charge in [-0.2, -0.15) is 0 Å². The van der Waals surface area contributed by atoms with E-state index < -0.39 is 0 Å². The zero-order chi connectivity index (χ0) is 11.8. The van der Waals surface area contributed by atoms with Crippen molar-refractivity contribution in [2.75, 3.05) is 33.9 Å². The molecule has 1 heterocycles. The van der Waals surface area contributed by atoms with Gasteiger partial charge in [-0.25, -0.2) is 0 Å². The van der Waals surface area contributed by atoms with Crippen LogP contribution in [0.5, 0.6) is 0 Å². The summed E-state index contributed by atoms with van der Waals surface area (Å²) in [4.78, 5) is 2.36. The molecule has 0 amide bonds. The minimum Gasteiger partial charge on any atom is -0.385 e. The highest BCUT2D eigenvalue weighted by Crippen LogP contribution is 2.01. The van der Waals surface area contributed by atoms with E-state index in [1.54, 1.807) is 7.11 Å². The van der Waals surface area contributed by atoms with Crippen molar-refractivity contribution in [2.24, 2.45) is 0 Å². The van der Waals surface area contributed by atoms with Gasteiger partial charge in [0.2, 0.25) is 0 Å². The molecule has 0 aromatic rings. The van der Waals surface area contributed by atoms with Gasteiger partial charge in [-0.05, 0) is 39.9 Å². The molecule has 2 heteroatoms. The minimum atomic E-state index is 0.819. The van der Waals surface area contributed by atoms with Gasteiger partial charge in [0.25, 0.3) is 0 Å². The molecule has 1 fully saturated rings. The Balaban J connectivity index is -0.000000134. The second kappa shape index (κ2) is 23.1. The number of likely N-dealkylation sites (tertiary alicyclic amines) is 1. The van der Waals surface area contributed by atoms with Gasteiger partial charge in [0.15, 0.2) is 0 Å². The Labute approximate surface area is 91.6 Å². The third kappa shape index (κ3) is 22.7. The van der Waals surface area contributed by atoms with Crippen LogP contribution < -0.4 is 0 Å². The highest BCUT2D eigenvalue weighted by atomic mass is 16.5. The standard InChI is InChI=1S/C5H11N.C3H8O.2C2H6/c1-6-4-2-3-5-6;1-3-4-2;2*1-2/h2-5H2,1H3;3H2,1-2H3;2*1-2H3. The maximum Gasteiger partial charge on any atom is 0.0433 e. The number of hydrogen-bond acceptors (Lipinski definition) is 2. The van der Waals surface area contributed by atoms with Crippen LogP contribution in [0.15, 0.2) is 0 Å². The lowest BCUT2D eigenvalue weighted by molar-refractivity contribution is 0.215. The van der Waals surface area contributed by atoms with Gasteiger partial charge in [0, 0.05) is 13.7 Å². The number of methoxy groups -OCH3 is 1. The van der Waals surface area contributed by atoms with Crippen LogP contribution in [0.1, 0.15) is 47.5 Å². The fraction of sp³-hybridized carbons (Fsp3) is 1.00. The van der Waals surface area contributed by atoms with E-state index >= 15 is 0 Å². The van der Waals surface area contributed by atoms with Gasteiger partial charge in [0.1, 0.15) is 0 Å². The van der Waals surface area contributed by atoms with Crippen molar-refractivity contribution in [3.63, 3.8) is 0 Å². The van der Waals surface area contributed by atoms with E-state index in [-0.39, 0.29) is 0 Å². The van der Waals surface area contributed by atoms with Gasteiger partial charge < -0.3 is 9.64 Å². The molecule has 1 aliphatic rings. The minimum absolute atomic E-state index is 0.819. The molecular formula is C12H31NO. The number of rotatable bonds is 1. The zero-order valence-electron chi connectivity index (χ0n) is 11.4. The molecule has 0 unspecified atom stereocenters. The van der Waals surface area contributed by atoms with Crippen molar-refractivity contribution >= 4 is 0 Å². The normalized spacial score (nSPS) is 13.9. The Morgan fingerprint density at radius 3 is 1.36 bits per heavy atom. The summed E-state index contributed by atoms with van der Waals surface area (Å²) in [5.41, 5.74) is 0. The lowest BCUT2D eigenvalue weighted by Crippen LogP contribution is -2.10. The topological polar surface area (TPSA) is 12.5 Å². The quantitative estimate of drug-likeness (QED) is 0.650. The summed E-state index contributed by atoms with van der Waals surface area (Å²) in [6, 6.07) is 0. The second-order valence-electron chi connectivity index (χ2n) is 2.59. The average molecular weight is 205 g/mol. The highest BCUT2D eigenvalue weighted by molar-refractivity contribution is 4.59. The van der Waals surface area contributed by atoms with Crippen LogP contribution in [0.4, 0.5) is 0 Å². The maximum absolute atomic E-state index is 4.54. The Kier molecular flexibility index (Phi) is 32.1. The van der Waals surface area contributed by atoms with Crippen molar-refractivity contribution in [3.05, 3.63) is 0 Å². The summed E-state index contributed by atoms with van der Waals surface area (Å²) in [7, 11) is 3.85. The third-order valence-electron chi connectivity index (χ3n) is 1.62. The SMILES string of the molecule is CC.CC.CCOC.CN1CCCC1. The van der Waals surface area contributed by atoms with Crippen LogP contribution >= 0.6 is 0 Å². The summed E-state index contributed by atoms with van der Waals surface area (Å²) >= 11 is 0. The van der Waals surface area contributed by atoms with Gasteiger partial charge in [-0.1, -0.05) is 27.7 Å². The monoisotopic (exact) mass is 205 g/mol. The molecular weight excluding hydrogens is 174 g/mol. The smallest absolute Gasteiger partial charge is 0.0433 e. The molecule has 0 saturated carbocycles. The van der Waals surface area contributed by atoms with Crippen molar-refractivity contribution in [1.82, 2.24) is 4.90 Å². The summed E-state index contributed by atoms with van der Waals surface area (Å²) in [5, 5.41) is 0. The van der Waals surface area contributed by atoms with E-state index in [0.29, 0.717) is 0 Å². The highest BCUT2D eigenvalue weighted by Gasteiger charge is 2.03. The predicted octanol–water partition coefficient (Wildman–Crippen LogP) is 3.42. The first-order chi connectivity index (χ1) is 6.81. The van der Waals surface area contributed by atoms with Gasteiger partial charge in [-0.3, -0.25) is 0 Å². The van der Waals surface area contributed by atoms with E-state index in [4.69, 9.17) is 0 Å². The molecule has 1 rings (SSSR count). The number of hydrogen-bond donors (Lipinski definition) is 0. The first kappa shape index (κ1) is 19.5. The fourth-order valence-electron chi connectivity index (χ4n) is 0.875. The molecule has 1 aliphatic heterocycles. The Morgan fingerprint density at radius 2 is 1.29 bits per heavy atom. The van der Waals surface area contributed by atoms with Gasteiger partial charge in [0.05, 0.1) is 0 Å². The maximum atomic E-state index is 4.54.